The molecule has 2 aromatic heterocycles. The van der Waals surface area contributed by atoms with Gasteiger partial charge in [0, 0.05) is 53.5 Å². The van der Waals surface area contributed by atoms with Crippen LogP contribution in [0, 0.1) is 11.8 Å². The molecule has 0 aliphatic heterocycles. The minimum Gasteiger partial charge on any atom is -0.494 e. The molecule has 318 valence electrons. The number of ether oxygens (including phenoxy) is 2. The lowest BCUT2D eigenvalue weighted by Gasteiger charge is -2.47. The number of carbonyl (C=O) groups excluding carboxylic acids is 1. The zero-order valence-corrected chi connectivity index (χ0v) is 36.1. The molecule has 1 saturated carbocycles. The number of fused-ring (bicyclic) bond motifs is 3. The number of carbonyl (C=O) groups is 2. The Morgan fingerprint density at radius 2 is 1.79 bits per heavy atom. The summed E-state index contributed by atoms with van der Waals surface area (Å²) < 4.78 is 12.9. The van der Waals surface area contributed by atoms with Gasteiger partial charge in [-0.1, -0.05) is 61.8 Å². The molecule has 1 fully saturated rings. The summed E-state index contributed by atoms with van der Waals surface area (Å²) in [6, 6.07) is 27.9. The lowest BCUT2D eigenvalue weighted by atomic mass is 9.59. The van der Waals surface area contributed by atoms with Gasteiger partial charge in [-0.3, -0.25) is 14.8 Å². The Morgan fingerprint density at radius 3 is 2.59 bits per heavy atom. The number of amides is 1. The second-order valence-electron chi connectivity index (χ2n) is 17.7. The molecule has 0 bridgehead atoms. The van der Waals surface area contributed by atoms with E-state index in [1.165, 1.54) is 22.4 Å². The molecular formula is C51H57ClN4O5. The van der Waals surface area contributed by atoms with Gasteiger partial charge < -0.3 is 25.2 Å². The number of nitrogens with one attached hydrogen (secondary N) is 2. The van der Waals surface area contributed by atoms with Crippen molar-refractivity contribution in [2.45, 2.75) is 108 Å². The lowest BCUT2D eigenvalue weighted by Crippen LogP contribution is -2.53. The fraction of sp³-hybridized carbons (Fsp3) is 0.412. The molecule has 8 rings (SSSR count). The molecule has 5 aromatic rings. The van der Waals surface area contributed by atoms with Crippen molar-refractivity contribution in [2.24, 2.45) is 11.8 Å². The number of anilines is 1. The van der Waals surface area contributed by atoms with E-state index in [2.05, 4.69) is 58.7 Å². The summed E-state index contributed by atoms with van der Waals surface area (Å²) >= 11 is 6.32. The molecule has 1 unspecified atom stereocenters. The van der Waals surface area contributed by atoms with E-state index in [1.54, 1.807) is 18.3 Å². The second-order valence-corrected chi connectivity index (χ2v) is 18.1. The standard InChI is InChI=1S/C51H57ClN4O5/c1-34(33-61-46-18-24-54-45-14-3-8-35(2)48(45)46)26-40-28-38-16-17-43(60-25-7-15-47(57)55-31-36-9-4-10-37(27-36)39-11-6-23-53-32-39)30-44(38)50(40)19-21-51(22-20-50,49(58)59)56-42-13-5-12-41(52)29-42/h4-6,9-13,16-18,23-24,27,29-30,32,34-35,40,56H,3,7-8,14-15,19-22,25-26,28,31,33H2,1-2H3,(H,55,57)(H,58,59)/t34-,35-,40?,50?,51?/m1/s1. The molecule has 3 aromatic carbocycles. The topological polar surface area (TPSA) is 123 Å². The van der Waals surface area contributed by atoms with Gasteiger partial charge in [-0.2, -0.15) is 0 Å². The number of hydrogen-bond acceptors (Lipinski definition) is 7. The van der Waals surface area contributed by atoms with Crippen LogP contribution in [0.25, 0.3) is 11.1 Å². The van der Waals surface area contributed by atoms with Crippen LogP contribution in [0.2, 0.25) is 5.02 Å². The number of pyridine rings is 2. The van der Waals surface area contributed by atoms with Gasteiger partial charge in [0.25, 0.3) is 0 Å². The number of hydrogen-bond donors (Lipinski definition) is 3. The van der Waals surface area contributed by atoms with E-state index in [0.717, 1.165) is 73.1 Å². The van der Waals surface area contributed by atoms with Crippen molar-refractivity contribution in [1.29, 1.82) is 0 Å². The van der Waals surface area contributed by atoms with Crippen molar-refractivity contribution >= 4 is 29.2 Å². The van der Waals surface area contributed by atoms with Crippen LogP contribution in [0.4, 0.5) is 5.69 Å². The third-order valence-electron chi connectivity index (χ3n) is 13.5. The minimum atomic E-state index is -1.11. The number of aryl methyl sites for hydroxylation is 1. The Bertz CT molecular complexity index is 2330. The van der Waals surface area contributed by atoms with Crippen LogP contribution in [0.5, 0.6) is 11.5 Å². The SMILES string of the molecule is C[C@@H](COc1ccnc2c1[C@H](C)CCC2)CC1Cc2ccc(OCCCC(=O)NCc3cccc(-c4cccnc4)c3)cc2C12CCC(Nc1cccc(Cl)c1)(C(=O)O)CC2. The number of carboxylic acid groups (broad SMARTS) is 1. The number of carboxylic acids is 1. The summed E-state index contributed by atoms with van der Waals surface area (Å²) in [7, 11) is 0. The molecule has 3 aliphatic carbocycles. The van der Waals surface area contributed by atoms with E-state index in [9.17, 15) is 14.7 Å². The molecule has 9 nitrogen and oxygen atoms in total. The van der Waals surface area contributed by atoms with E-state index < -0.39 is 11.5 Å². The van der Waals surface area contributed by atoms with Crippen LogP contribution < -0.4 is 20.1 Å². The Morgan fingerprint density at radius 1 is 0.951 bits per heavy atom. The average molecular weight is 841 g/mol. The smallest absolute Gasteiger partial charge is 0.329 e. The summed E-state index contributed by atoms with van der Waals surface area (Å²) in [4.78, 5) is 34.8. The molecule has 3 atom stereocenters. The summed E-state index contributed by atoms with van der Waals surface area (Å²) in [5, 5.41) is 17.7. The molecule has 61 heavy (non-hydrogen) atoms. The van der Waals surface area contributed by atoms with Crippen LogP contribution in [0.15, 0.2) is 104 Å². The van der Waals surface area contributed by atoms with Gasteiger partial charge in [0.05, 0.1) is 13.2 Å². The number of aromatic nitrogens is 2. The molecular weight excluding hydrogens is 784 g/mol. The normalized spacial score (nSPS) is 22.1. The first-order valence-electron chi connectivity index (χ1n) is 22.0. The van der Waals surface area contributed by atoms with E-state index >= 15 is 0 Å². The molecule has 10 heteroatoms. The first kappa shape index (κ1) is 42.3. The molecule has 3 aliphatic rings. The zero-order chi connectivity index (χ0) is 42.4. The van der Waals surface area contributed by atoms with Crippen LogP contribution in [0.1, 0.15) is 106 Å². The van der Waals surface area contributed by atoms with Gasteiger partial charge >= 0.3 is 5.97 Å². The highest BCUT2D eigenvalue weighted by Crippen LogP contribution is 2.57. The predicted octanol–water partition coefficient (Wildman–Crippen LogP) is 10.7. The molecule has 1 amide bonds. The van der Waals surface area contributed by atoms with Gasteiger partial charge in [0.15, 0.2) is 0 Å². The van der Waals surface area contributed by atoms with Gasteiger partial charge in [-0.25, -0.2) is 4.79 Å². The number of halogens is 1. The van der Waals surface area contributed by atoms with Crippen molar-refractivity contribution in [3.05, 3.63) is 136 Å². The third-order valence-corrected chi connectivity index (χ3v) is 13.7. The maximum absolute atomic E-state index is 13.1. The van der Waals surface area contributed by atoms with Gasteiger partial charge in [-0.15, -0.1) is 0 Å². The maximum Gasteiger partial charge on any atom is 0.329 e. The quantitative estimate of drug-likeness (QED) is 0.0840. The Balaban J connectivity index is 0.931. The Hall–Kier alpha value is -5.41. The van der Waals surface area contributed by atoms with Crippen molar-refractivity contribution in [2.75, 3.05) is 18.5 Å². The van der Waals surface area contributed by atoms with E-state index in [1.807, 2.05) is 60.9 Å². The lowest BCUT2D eigenvalue weighted by molar-refractivity contribution is -0.144. The molecule has 1 spiro atoms. The first-order chi connectivity index (χ1) is 29.6. The van der Waals surface area contributed by atoms with Gasteiger partial charge in [0.2, 0.25) is 5.91 Å². The number of nitrogens with zero attached hydrogens (tertiary/aromatic N) is 2. The van der Waals surface area contributed by atoms with Gasteiger partial charge in [-0.05, 0) is 164 Å². The largest absolute Gasteiger partial charge is 0.494 e. The number of benzene rings is 3. The van der Waals surface area contributed by atoms with E-state index in [0.29, 0.717) is 68.0 Å². The molecule has 2 heterocycles. The van der Waals surface area contributed by atoms with Crippen molar-refractivity contribution < 1.29 is 24.2 Å². The Kier molecular flexibility index (Phi) is 13.0. The predicted molar refractivity (Wildman–Crippen MR) is 240 cm³/mol. The van der Waals surface area contributed by atoms with E-state index in [4.69, 9.17) is 21.1 Å². The average Bonchev–Trinajstić information content (AvgIpc) is 3.55. The fourth-order valence-corrected chi connectivity index (χ4v) is 10.5. The van der Waals surface area contributed by atoms with Crippen LogP contribution in [-0.2, 0) is 34.4 Å². The van der Waals surface area contributed by atoms with Crippen molar-refractivity contribution in [1.82, 2.24) is 15.3 Å². The zero-order valence-electron chi connectivity index (χ0n) is 35.3. The van der Waals surface area contributed by atoms with Crippen LogP contribution in [0.3, 0.4) is 0 Å². The van der Waals surface area contributed by atoms with Gasteiger partial charge in [0.1, 0.15) is 17.0 Å². The fourth-order valence-electron chi connectivity index (χ4n) is 10.3. The summed E-state index contributed by atoms with van der Waals surface area (Å²) in [6.07, 6.45) is 14.0. The molecule has 3 N–H and O–H groups in total. The minimum absolute atomic E-state index is 0.0157. The van der Waals surface area contributed by atoms with E-state index in [-0.39, 0.29) is 17.2 Å². The summed E-state index contributed by atoms with van der Waals surface area (Å²) in [5.41, 5.74) is 7.55. The summed E-state index contributed by atoms with van der Waals surface area (Å²) in [5.74, 6) is 1.93. The summed E-state index contributed by atoms with van der Waals surface area (Å²) in [6.45, 7) is 6.04. The monoisotopic (exact) mass is 840 g/mol. The molecule has 0 saturated heterocycles. The van der Waals surface area contributed by atoms with Crippen molar-refractivity contribution in [3.8, 4) is 22.6 Å². The van der Waals surface area contributed by atoms with Crippen LogP contribution in [-0.4, -0.2) is 45.7 Å². The maximum atomic E-state index is 13.1. The van der Waals surface area contributed by atoms with Crippen LogP contribution >= 0.6 is 11.6 Å². The highest BCUT2D eigenvalue weighted by Gasteiger charge is 2.54. The number of aliphatic carboxylic acids is 1. The second kappa shape index (κ2) is 18.7. The highest BCUT2D eigenvalue weighted by atomic mass is 35.5. The highest BCUT2D eigenvalue weighted by molar-refractivity contribution is 6.30. The first-order valence-corrected chi connectivity index (χ1v) is 22.4. The Labute approximate surface area is 364 Å². The molecule has 0 radical (unpaired) electrons. The third kappa shape index (κ3) is 9.57. The number of rotatable bonds is 16. The van der Waals surface area contributed by atoms with Crippen molar-refractivity contribution in [3.63, 3.8) is 0 Å².